The summed E-state index contributed by atoms with van der Waals surface area (Å²) in [6.45, 7) is 6.74. The van der Waals surface area contributed by atoms with E-state index in [1.54, 1.807) is 4.90 Å². The molecule has 0 aliphatic carbocycles. The highest BCUT2D eigenvalue weighted by molar-refractivity contribution is 7.84. The van der Waals surface area contributed by atoms with Crippen molar-refractivity contribution in [1.82, 2.24) is 24.2 Å². The molecule has 0 unspecified atom stereocenters. The standard InChI is InChI=1S/C28H38F3N5O7S/c1-28(2,3)44(40)34-7-5-16(6-8-34)35-12-17(42-27(35)39)11-21-26(41-4)24(25(38)22(14-37)43-21)36-13-20(32-33-36)15-9-18(29)23(31)19(30)10-15/h9-10,13,16-17,21-22,24-26,37-38H,5-8,11-12,14H2,1-4H3/t17-,21-,22-,24+,25+,26+,44-/m1/s1. The molecule has 12 nitrogen and oxygen atoms in total. The predicted molar refractivity (Wildman–Crippen MR) is 151 cm³/mol. The minimum absolute atomic E-state index is 0.0196. The summed E-state index contributed by atoms with van der Waals surface area (Å²) in [6.07, 6.45) is -2.18. The van der Waals surface area contributed by atoms with Crippen LogP contribution in [0.3, 0.4) is 0 Å². The van der Waals surface area contributed by atoms with E-state index in [9.17, 15) is 32.4 Å². The van der Waals surface area contributed by atoms with Gasteiger partial charge < -0.3 is 29.3 Å². The fourth-order valence-corrected chi connectivity index (χ4v) is 7.46. The Morgan fingerprint density at radius 1 is 1.14 bits per heavy atom. The Morgan fingerprint density at radius 3 is 2.39 bits per heavy atom. The molecule has 3 aliphatic heterocycles. The summed E-state index contributed by atoms with van der Waals surface area (Å²) in [5.41, 5.74) is -0.0435. The molecule has 0 spiro atoms. The molecule has 0 bridgehead atoms. The fraction of sp³-hybridized carbons (Fsp3) is 0.679. The van der Waals surface area contributed by atoms with Crippen molar-refractivity contribution in [3.63, 3.8) is 0 Å². The number of amides is 1. The smallest absolute Gasteiger partial charge is 0.410 e. The highest BCUT2D eigenvalue weighted by Crippen LogP contribution is 2.36. The number of nitrogens with zero attached hydrogens (tertiary/aromatic N) is 5. The van der Waals surface area contributed by atoms with Crippen LogP contribution in [0.4, 0.5) is 18.0 Å². The Hall–Kier alpha value is -2.63. The Kier molecular flexibility index (Phi) is 9.68. The summed E-state index contributed by atoms with van der Waals surface area (Å²) in [5, 5.41) is 29.1. The van der Waals surface area contributed by atoms with Crippen molar-refractivity contribution >= 4 is 17.1 Å². The first-order chi connectivity index (χ1) is 20.8. The maximum absolute atomic E-state index is 13.8. The van der Waals surface area contributed by atoms with E-state index in [0.717, 1.165) is 12.1 Å². The molecular formula is C28H38F3N5O7S. The molecule has 44 heavy (non-hydrogen) atoms. The lowest BCUT2D eigenvalue weighted by Crippen LogP contribution is -2.57. The number of aliphatic hydroxyl groups excluding tert-OH is 2. The van der Waals surface area contributed by atoms with Crippen molar-refractivity contribution in [3.05, 3.63) is 35.8 Å². The largest absolute Gasteiger partial charge is 0.444 e. The molecule has 2 N–H and O–H groups in total. The molecule has 3 fully saturated rings. The lowest BCUT2D eigenvalue weighted by atomic mass is 9.89. The van der Waals surface area contributed by atoms with Gasteiger partial charge in [0.15, 0.2) is 17.5 Å². The lowest BCUT2D eigenvalue weighted by molar-refractivity contribution is -0.217. The number of benzene rings is 1. The molecule has 7 atom stereocenters. The van der Waals surface area contributed by atoms with Gasteiger partial charge in [0.1, 0.15) is 36.2 Å². The summed E-state index contributed by atoms with van der Waals surface area (Å²) >= 11 is 0. The van der Waals surface area contributed by atoms with E-state index in [1.807, 2.05) is 25.1 Å². The van der Waals surface area contributed by atoms with Gasteiger partial charge in [-0.15, -0.1) is 5.10 Å². The van der Waals surface area contributed by atoms with Gasteiger partial charge in [0.05, 0.1) is 41.2 Å². The van der Waals surface area contributed by atoms with E-state index in [2.05, 4.69) is 10.3 Å². The molecule has 0 saturated carbocycles. The fourth-order valence-electron chi connectivity index (χ4n) is 6.14. The number of halogens is 3. The van der Waals surface area contributed by atoms with Gasteiger partial charge >= 0.3 is 6.09 Å². The van der Waals surface area contributed by atoms with Gasteiger partial charge in [0.25, 0.3) is 0 Å². The number of aliphatic hydroxyl groups is 2. The number of carbonyl (C=O) groups is 1. The van der Waals surface area contributed by atoms with Crippen molar-refractivity contribution in [3.8, 4) is 11.3 Å². The number of ether oxygens (including phenoxy) is 3. The van der Waals surface area contributed by atoms with E-state index < -0.39 is 77.7 Å². The molecule has 244 valence electrons. The third kappa shape index (κ3) is 6.51. The molecule has 16 heteroatoms. The van der Waals surface area contributed by atoms with Crippen LogP contribution in [0.5, 0.6) is 0 Å². The van der Waals surface area contributed by atoms with Gasteiger partial charge in [-0.25, -0.2) is 31.2 Å². The SMILES string of the molecule is CO[C@@H]1[C@@H](n2cc(-c3cc(F)c(F)c(F)c3)nn2)[C@@H](O)[C@@H](CO)O[C@@H]1C[C@@H]1CN(C2CCN([S@](=O)C(C)(C)C)CC2)C(=O)O1. The molecule has 5 rings (SSSR count). The molecule has 1 aromatic carbocycles. The highest BCUT2D eigenvalue weighted by Gasteiger charge is 2.49. The van der Waals surface area contributed by atoms with Crippen molar-refractivity contribution < 1.29 is 46.6 Å². The zero-order valence-electron chi connectivity index (χ0n) is 24.9. The summed E-state index contributed by atoms with van der Waals surface area (Å²) < 4.78 is 74.2. The second-order valence-electron chi connectivity index (χ2n) is 12.3. The maximum atomic E-state index is 13.8. The molecule has 3 saturated heterocycles. The van der Waals surface area contributed by atoms with Crippen molar-refractivity contribution in [2.75, 3.05) is 33.4 Å². The average Bonchev–Trinajstić information content (AvgIpc) is 3.62. The summed E-state index contributed by atoms with van der Waals surface area (Å²) in [4.78, 5) is 14.6. The molecular weight excluding hydrogens is 607 g/mol. The number of hydrogen-bond donors (Lipinski definition) is 2. The molecule has 0 radical (unpaired) electrons. The Labute approximate surface area is 255 Å². The Balaban J connectivity index is 1.29. The first-order valence-corrected chi connectivity index (χ1v) is 15.6. The van der Waals surface area contributed by atoms with Crippen molar-refractivity contribution in [2.24, 2.45) is 0 Å². The van der Waals surface area contributed by atoms with Gasteiger partial charge in [-0.3, -0.25) is 0 Å². The van der Waals surface area contributed by atoms with Crippen LogP contribution in [0.1, 0.15) is 46.1 Å². The lowest BCUT2D eigenvalue weighted by Gasteiger charge is -2.44. The van der Waals surface area contributed by atoms with Crippen LogP contribution in [0.25, 0.3) is 11.3 Å². The number of hydrogen-bond acceptors (Lipinski definition) is 9. The normalized spacial score (nSPS) is 29.7. The molecule has 1 aromatic heterocycles. The van der Waals surface area contributed by atoms with Crippen LogP contribution in [0.2, 0.25) is 0 Å². The molecule has 4 heterocycles. The number of piperidine rings is 1. The molecule has 2 aromatic rings. The van der Waals surface area contributed by atoms with Crippen LogP contribution in [0.15, 0.2) is 18.3 Å². The van der Waals surface area contributed by atoms with Crippen LogP contribution in [0, 0.1) is 17.5 Å². The van der Waals surface area contributed by atoms with Gasteiger partial charge in [-0.1, -0.05) is 5.21 Å². The summed E-state index contributed by atoms with van der Waals surface area (Å²) in [6, 6.07) is 0.553. The number of rotatable bonds is 8. The topological polar surface area (TPSA) is 139 Å². The minimum atomic E-state index is -1.61. The Bertz CT molecular complexity index is 1350. The first-order valence-electron chi connectivity index (χ1n) is 14.5. The van der Waals surface area contributed by atoms with Gasteiger partial charge in [0, 0.05) is 38.2 Å². The second kappa shape index (κ2) is 13.0. The number of cyclic esters (lactones) is 1. The van der Waals surface area contributed by atoms with E-state index in [0.29, 0.717) is 32.5 Å². The van der Waals surface area contributed by atoms with Crippen LogP contribution in [-0.4, -0.2) is 119 Å². The summed E-state index contributed by atoms with van der Waals surface area (Å²) in [7, 11) is 0.269. The zero-order valence-corrected chi connectivity index (χ0v) is 25.8. The maximum Gasteiger partial charge on any atom is 0.410 e. The van der Waals surface area contributed by atoms with Gasteiger partial charge in [-0.05, 0) is 45.7 Å². The van der Waals surface area contributed by atoms with Crippen molar-refractivity contribution in [2.45, 2.75) is 87.4 Å². The Morgan fingerprint density at radius 2 is 1.80 bits per heavy atom. The second-order valence-corrected chi connectivity index (χ2v) is 14.6. The number of methoxy groups -OCH3 is 1. The van der Waals surface area contributed by atoms with E-state index >= 15 is 0 Å². The molecule has 3 aliphatic rings. The van der Waals surface area contributed by atoms with Crippen LogP contribution < -0.4 is 0 Å². The van der Waals surface area contributed by atoms with E-state index in [1.165, 1.54) is 18.0 Å². The average molecular weight is 646 g/mol. The number of aromatic nitrogens is 3. The minimum Gasteiger partial charge on any atom is -0.444 e. The quantitative estimate of drug-likeness (QED) is 0.414. The van der Waals surface area contributed by atoms with E-state index in [4.69, 9.17) is 14.2 Å². The first kappa shape index (κ1) is 32.8. The van der Waals surface area contributed by atoms with E-state index in [-0.39, 0.29) is 28.5 Å². The molecule has 1 amide bonds. The van der Waals surface area contributed by atoms with Crippen molar-refractivity contribution in [1.29, 1.82) is 0 Å². The van der Waals surface area contributed by atoms with Crippen LogP contribution in [-0.2, 0) is 25.2 Å². The predicted octanol–water partition coefficient (Wildman–Crippen LogP) is 2.18. The van der Waals surface area contributed by atoms with Gasteiger partial charge in [-0.2, -0.15) is 0 Å². The summed E-state index contributed by atoms with van der Waals surface area (Å²) in [5.74, 6) is -4.38. The highest BCUT2D eigenvalue weighted by atomic mass is 32.2. The number of carbonyl (C=O) groups excluding carboxylic acids is 1. The third-order valence-electron chi connectivity index (χ3n) is 8.35. The van der Waals surface area contributed by atoms with Crippen LogP contribution >= 0.6 is 0 Å². The zero-order chi connectivity index (χ0) is 31.9. The monoisotopic (exact) mass is 645 g/mol. The van der Waals surface area contributed by atoms with Gasteiger partial charge in [0.2, 0.25) is 0 Å². The third-order valence-corrected chi connectivity index (χ3v) is 10.2.